The summed E-state index contributed by atoms with van der Waals surface area (Å²) in [6.07, 6.45) is -8.24. The van der Waals surface area contributed by atoms with Crippen LogP contribution < -0.4 is 29.9 Å². The van der Waals surface area contributed by atoms with Crippen molar-refractivity contribution in [1.82, 2.24) is 25.5 Å². The molecule has 7 rings (SSSR count). The highest BCUT2D eigenvalue weighted by Crippen LogP contribution is 2.44. The summed E-state index contributed by atoms with van der Waals surface area (Å²) in [5.41, 5.74) is -3.31. The van der Waals surface area contributed by atoms with Gasteiger partial charge in [-0.15, -0.1) is 11.3 Å². The number of halogens is 7. The number of nitrogens with one attached hydrogen (secondary N) is 2. The van der Waals surface area contributed by atoms with Gasteiger partial charge in [0.05, 0.1) is 58.5 Å². The standard InChI is InChI=1S/C53H53F7N8O7S2/c1-30-42(77-29-64-30)32-12-10-31(11-13-32)27-62-45(70)39-9-7-20-66(39)47(71)43(50(2,3)4)65-44(69)33-14-17-36(18-15-33)74-24-23-73-21-8-22-75-46-37(52(55,56)57)25-35(28-63-46)68-49(76)67(48(72)51(68,5)6)38-19-16-34(26-61)40(41(38)54)53(58,59)60/h10-19,25,28-29,39,43H,7-9,20-24,27H2,1-6H3,(H,62,70)(H,65,69). The molecule has 2 N–H and O–H groups in total. The number of hydrogen-bond donors (Lipinski definition) is 2. The van der Waals surface area contributed by atoms with Crippen molar-refractivity contribution in [3.63, 3.8) is 0 Å². The molecule has 2 aliphatic rings. The minimum atomic E-state index is -5.34. The monoisotopic (exact) mass is 1110 g/mol. The van der Waals surface area contributed by atoms with Crippen molar-refractivity contribution >= 4 is 63.7 Å². The van der Waals surface area contributed by atoms with E-state index in [2.05, 4.69) is 20.6 Å². The molecule has 4 heterocycles. The first kappa shape index (κ1) is 57.5. The zero-order valence-electron chi connectivity index (χ0n) is 42.5. The summed E-state index contributed by atoms with van der Waals surface area (Å²) in [6.45, 7) is 10.4. The summed E-state index contributed by atoms with van der Waals surface area (Å²) >= 11 is 6.91. The Bertz CT molecular complexity index is 3070. The maximum Gasteiger partial charge on any atom is 0.421 e. The smallest absolute Gasteiger partial charge is 0.421 e. The second-order valence-electron chi connectivity index (χ2n) is 19.6. The molecule has 4 amide bonds. The molecule has 15 nitrogen and oxygen atoms in total. The summed E-state index contributed by atoms with van der Waals surface area (Å²) in [5.74, 6) is -4.59. The molecule has 2 fully saturated rings. The molecule has 2 atom stereocenters. The SMILES string of the molecule is Cc1ncsc1-c1ccc(CNC(=O)C2CCCN2C(=O)C(NC(=O)c2ccc(OCCOCCCOc3ncc(N4C(=S)N(c5ccc(C#N)c(C(F)(F)F)c5F)C(=O)C4(C)C)cc3C(F)(F)F)cc2)C(C)(C)C)cc1. The van der Waals surface area contributed by atoms with Crippen LogP contribution in [0.5, 0.6) is 11.6 Å². The Balaban J connectivity index is 0.867. The number of aryl methyl sites for hydroxylation is 1. The van der Waals surface area contributed by atoms with Crippen molar-refractivity contribution in [2.24, 2.45) is 5.41 Å². The Morgan fingerprint density at radius 2 is 1.64 bits per heavy atom. The van der Waals surface area contributed by atoms with Crippen LogP contribution in [0.25, 0.3) is 10.4 Å². The molecule has 77 heavy (non-hydrogen) atoms. The van der Waals surface area contributed by atoms with E-state index in [0.717, 1.165) is 38.9 Å². The third-order valence-electron chi connectivity index (χ3n) is 12.8. The number of likely N-dealkylation sites (tertiary alicyclic amines) is 1. The molecule has 2 aromatic heterocycles. The summed E-state index contributed by atoms with van der Waals surface area (Å²) < 4.78 is 117. The first-order valence-corrected chi connectivity index (χ1v) is 25.4. The molecule has 5 aromatic rings. The van der Waals surface area contributed by atoms with Crippen molar-refractivity contribution in [2.45, 2.75) is 97.3 Å². The number of anilines is 2. The maximum absolute atomic E-state index is 15.4. The molecule has 408 valence electrons. The molecular formula is C53H53F7N8O7S2. The molecule has 0 aliphatic carbocycles. The van der Waals surface area contributed by atoms with Gasteiger partial charge in [-0.05, 0) is 105 Å². The van der Waals surface area contributed by atoms with Gasteiger partial charge in [0.15, 0.2) is 10.9 Å². The molecule has 0 saturated carbocycles. The highest BCUT2D eigenvalue weighted by molar-refractivity contribution is 7.81. The first-order chi connectivity index (χ1) is 36.2. The van der Waals surface area contributed by atoms with Crippen LogP contribution in [0, 0.1) is 29.5 Å². The van der Waals surface area contributed by atoms with Crippen molar-refractivity contribution in [3.05, 3.63) is 118 Å². The minimum absolute atomic E-state index is 0.0394. The lowest BCUT2D eigenvalue weighted by atomic mass is 9.85. The number of alkyl halides is 6. The van der Waals surface area contributed by atoms with Crippen LogP contribution >= 0.6 is 23.6 Å². The van der Waals surface area contributed by atoms with Gasteiger partial charge < -0.3 is 34.6 Å². The maximum atomic E-state index is 15.4. The molecule has 3 aromatic carbocycles. The summed E-state index contributed by atoms with van der Waals surface area (Å²) in [6, 6.07) is 15.7. The molecule has 2 saturated heterocycles. The largest absolute Gasteiger partial charge is 0.491 e. The zero-order valence-corrected chi connectivity index (χ0v) is 44.2. The van der Waals surface area contributed by atoms with Gasteiger partial charge in [0.2, 0.25) is 17.7 Å². The number of hydrogen-bond acceptors (Lipinski definition) is 12. The predicted octanol–water partition coefficient (Wildman–Crippen LogP) is 9.79. The van der Waals surface area contributed by atoms with E-state index in [0.29, 0.717) is 42.2 Å². The Morgan fingerprint density at radius 3 is 2.26 bits per heavy atom. The van der Waals surface area contributed by atoms with Crippen LogP contribution in [0.4, 0.5) is 42.1 Å². The van der Waals surface area contributed by atoms with Crippen LogP contribution in [-0.2, 0) is 38.0 Å². The Labute approximate surface area is 448 Å². The topological polar surface area (TPSA) is 179 Å². The second kappa shape index (κ2) is 23.2. The third kappa shape index (κ3) is 12.8. The lowest BCUT2D eigenvalue weighted by Crippen LogP contribution is -2.57. The fraction of sp³-hybridized carbons (Fsp3) is 0.396. The number of benzene rings is 3. The van der Waals surface area contributed by atoms with E-state index >= 15 is 4.39 Å². The molecule has 24 heteroatoms. The van der Waals surface area contributed by atoms with Crippen LogP contribution in [-0.4, -0.2) is 94.2 Å². The van der Waals surface area contributed by atoms with Gasteiger partial charge in [0.25, 0.3) is 11.8 Å². The van der Waals surface area contributed by atoms with Gasteiger partial charge in [-0.2, -0.15) is 31.6 Å². The number of ether oxygens (including phenoxy) is 3. The number of nitrogens with zero attached hydrogens (tertiary/aromatic N) is 6. The van der Waals surface area contributed by atoms with Crippen molar-refractivity contribution < 1.29 is 64.1 Å². The van der Waals surface area contributed by atoms with Crippen LogP contribution in [0.1, 0.15) is 92.2 Å². The lowest BCUT2D eigenvalue weighted by molar-refractivity contribution is -0.142. The Hall–Kier alpha value is -7.23. The number of thiazole rings is 1. The Kier molecular flexibility index (Phi) is 17.3. The van der Waals surface area contributed by atoms with Crippen LogP contribution in [0.2, 0.25) is 0 Å². The molecule has 0 spiro atoms. The summed E-state index contributed by atoms with van der Waals surface area (Å²) in [7, 11) is 0. The highest BCUT2D eigenvalue weighted by Gasteiger charge is 2.53. The van der Waals surface area contributed by atoms with E-state index in [-0.39, 0.29) is 56.8 Å². The normalized spacial score (nSPS) is 16.1. The minimum Gasteiger partial charge on any atom is -0.491 e. The number of rotatable bonds is 18. The van der Waals surface area contributed by atoms with E-state index in [1.807, 2.05) is 52.0 Å². The number of carbonyl (C=O) groups excluding carboxylic acids is 4. The predicted molar refractivity (Wildman–Crippen MR) is 274 cm³/mol. The van der Waals surface area contributed by atoms with Crippen molar-refractivity contribution in [3.8, 4) is 28.1 Å². The number of thiocarbonyl (C=S) groups is 1. The fourth-order valence-electron chi connectivity index (χ4n) is 8.78. The fourth-order valence-corrected chi connectivity index (χ4v) is 10.1. The Morgan fingerprint density at radius 1 is 0.935 bits per heavy atom. The zero-order chi connectivity index (χ0) is 56.2. The highest BCUT2D eigenvalue weighted by atomic mass is 32.1. The average molecular weight is 1110 g/mol. The number of carbonyl (C=O) groups is 4. The van der Waals surface area contributed by atoms with E-state index in [4.69, 9.17) is 31.7 Å². The quantitative estimate of drug-likeness (QED) is 0.0483. The van der Waals surface area contributed by atoms with Crippen molar-refractivity contribution in [1.29, 1.82) is 5.26 Å². The van der Waals surface area contributed by atoms with Gasteiger partial charge in [-0.1, -0.05) is 45.0 Å². The van der Waals surface area contributed by atoms with E-state index in [1.54, 1.807) is 33.9 Å². The number of aromatic nitrogens is 2. The summed E-state index contributed by atoms with van der Waals surface area (Å²) in [4.78, 5) is 66.7. The molecule has 0 bridgehead atoms. The lowest BCUT2D eigenvalue weighted by Gasteiger charge is -2.35. The van der Waals surface area contributed by atoms with E-state index in [1.165, 1.54) is 32.0 Å². The second-order valence-corrected chi connectivity index (χ2v) is 20.8. The summed E-state index contributed by atoms with van der Waals surface area (Å²) in [5, 5.41) is 14.4. The number of amides is 4. The van der Waals surface area contributed by atoms with Crippen LogP contribution in [0.3, 0.4) is 0 Å². The van der Waals surface area contributed by atoms with Crippen molar-refractivity contribution in [2.75, 3.05) is 42.8 Å². The van der Waals surface area contributed by atoms with Gasteiger partial charge >= 0.3 is 12.4 Å². The van der Waals surface area contributed by atoms with Gasteiger partial charge in [-0.25, -0.2) is 14.4 Å². The van der Waals surface area contributed by atoms with Gasteiger partial charge in [0.1, 0.15) is 41.1 Å². The number of pyridine rings is 1. The molecule has 2 aliphatic heterocycles. The molecule has 2 unspecified atom stereocenters. The molecule has 0 radical (unpaired) electrons. The van der Waals surface area contributed by atoms with Gasteiger partial charge in [0, 0.05) is 31.7 Å². The van der Waals surface area contributed by atoms with Crippen LogP contribution in [0.15, 0.2) is 78.4 Å². The van der Waals surface area contributed by atoms with Gasteiger partial charge in [-0.3, -0.25) is 24.1 Å². The average Bonchev–Trinajstić information content (AvgIpc) is 4.20. The molecular weight excluding hydrogens is 1060 g/mol. The number of nitriles is 1. The van der Waals surface area contributed by atoms with E-state index in [9.17, 15) is 45.5 Å². The van der Waals surface area contributed by atoms with E-state index < -0.39 is 92.1 Å². The first-order valence-electron chi connectivity index (χ1n) is 24.1. The third-order valence-corrected chi connectivity index (χ3v) is 14.1.